The molecule has 1 fully saturated rings. The molecule has 0 heterocycles. The summed E-state index contributed by atoms with van der Waals surface area (Å²) in [6, 6.07) is 7.51. The summed E-state index contributed by atoms with van der Waals surface area (Å²) in [7, 11) is 0. The summed E-state index contributed by atoms with van der Waals surface area (Å²) in [5.41, 5.74) is 12.8. The van der Waals surface area contributed by atoms with Crippen molar-refractivity contribution in [3.8, 4) is 0 Å². The van der Waals surface area contributed by atoms with Gasteiger partial charge in [0.15, 0.2) is 5.12 Å². The molecule has 5 nitrogen and oxygen atoms in total. The predicted molar refractivity (Wildman–Crippen MR) is 89.4 cm³/mol. The second-order valence-corrected chi connectivity index (χ2v) is 6.60. The fourth-order valence-electron chi connectivity index (χ4n) is 2.54. The van der Waals surface area contributed by atoms with Crippen molar-refractivity contribution >= 4 is 22.8 Å². The van der Waals surface area contributed by atoms with Crippen molar-refractivity contribution in [1.29, 1.82) is 0 Å². The molecule has 2 rings (SSSR count). The number of hydrogen-bond donors (Lipinski definition) is 3. The van der Waals surface area contributed by atoms with Gasteiger partial charge in [0.2, 0.25) is 0 Å². The monoisotopic (exact) mass is 321 g/mol. The summed E-state index contributed by atoms with van der Waals surface area (Å²) < 4.78 is 0. The van der Waals surface area contributed by atoms with Crippen molar-refractivity contribution in [2.45, 2.75) is 31.1 Å². The summed E-state index contributed by atoms with van der Waals surface area (Å²) in [5, 5.41) is 2.96. The molecule has 5 N–H and O–H groups in total. The molecule has 120 valence electrons. The van der Waals surface area contributed by atoms with Crippen molar-refractivity contribution in [2.24, 2.45) is 17.4 Å². The molecule has 1 saturated carbocycles. The normalized spacial score (nSPS) is 20.8. The predicted octanol–water partition coefficient (Wildman–Crippen LogP) is 1.26. The van der Waals surface area contributed by atoms with Crippen molar-refractivity contribution < 1.29 is 9.59 Å². The van der Waals surface area contributed by atoms with Gasteiger partial charge in [-0.3, -0.25) is 9.59 Å². The first kappa shape index (κ1) is 17.0. The molecule has 0 spiro atoms. The minimum Gasteiger partial charge on any atom is -0.351 e. The Bertz CT molecular complexity index is 519. The van der Waals surface area contributed by atoms with Gasteiger partial charge >= 0.3 is 0 Å². The van der Waals surface area contributed by atoms with E-state index in [0.717, 1.165) is 24.8 Å². The lowest BCUT2D eigenvalue weighted by atomic mass is 10.1. The zero-order valence-corrected chi connectivity index (χ0v) is 13.4. The number of benzene rings is 1. The summed E-state index contributed by atoms with van der Waals surface area (Å²) in [4.78, 5) is 23.8. The maximum atomic E-state index is 12.1. The van der Waals surface area contributed by atoms with Crippen molar-refractivity contribution in [3.63, 3.8) is 0 Å². The molecule has 0 aliphatic heterocycles. The smallest absolute Gasteiger partial charge is 0.251 e. The highest BCUT2D eigenvalue weighted by molar-refractivity contribution is 8.13. The number of carbonyl (C=O) groups excluding carboxylic acids is 2. The lowest BCUT2D eigenvalue weighted by Crippen LogP contribution is -2.28. The zero-order valence-electron chi connectivity index (χ0n) is 12.6. The van der Waals surface area contributed by atoms with Crippen LogP contribution in [0.15, 0.2) is 24.3 Å². The van der Waals surface area contributed by atoms with Gasteiger partial charge in [-0.05, 0) is 37.0 Å². The van der Waals surface area contributed by atoms with Crippen LogP contribution < -0.4 is 16.8 Å². The molecule has 0 unspecified atom stereocenters. The minimum atomic E-state index is -0.124. The SMILES string of the molecule is NCCNC(=O)c1ccc(CSC(=O)[C@H]2CC[C@@H](N)C2)cc1. The Morgan fingerprint density at radius 2 is 1.95 bits per heavy atom. The summed E-state index contributed by atoms with van der Waals surface area (Å²) in [6.45, 7) is 0.891. The molecule has 1 aromatic carbocycles. The topological polar surface area (TPSA) is 98.2 Å². The fraction of sp³-hybridized carbons (Fsp3) is 0.500. The van der Waals surface area contributed by atoms with E-state index in [1.54, 1.807) is 12.1 Å². The maximum absolute atomic E-state index is 12.1. The first-order valence-corrected chi connectivity index (χ1v) is 8.58. The molecule has 1 aliphatic rings. The van der Waals surface area contributed by atoms with E-state index in [4.69, 9.17) is 11.5 Å². The Morgan fingerprint density at radius 3 is 2.55 bits per heavy atom. The van der Waals surface area contributed by atoms with Gasteiger partial charge in [0.05, 0.1) is 0 Å². The fourth-order valence-corrected chi connectivity index (χ4v) is 3.49. The quantitative estimate of drug-likeness (QED) is 0.733. The lowest BCUT2D eigenvalue weighted by Gasteiger charge is -2.08. The molecule has 1 aromatic rings. The first-order chi connectivity index (χ1) is 10.6. The first-order valence-electron chi connectivity index (χ1n) is 7.59. The number of nitrogens with one attached hydrogen (secondary N) is 1. The van der Waals surface area contributed by atoms with Gasteiger partial charge in [0.1, 0.15) is 0 Å². The Morgan fingerprint density at radius 1 is 1.23 bits per heavy atom. The van der Waals surface area contributed by atoms with Crippen molar-refractivity contribution in [2.75, 3.05) is 13.1 Å². The van der Waals surface area contributed by atoms with E-state index >= 15 is 0 Å². The number of nitrogens with two attached hydrogens (primary N) is 2. The average Bonchev–Trinajstić information content (AvgIpc) is 2.97. The molecule has 1 amide bonds. The molecule has 6 heteroatoms. The number of hydrogen-bond acceptors (Lipinski definition) is 5. The van der Waals surface area contributed by atoms with Crippen LogP contribution in [0.1, 0.15) is 35.2 Å². The number of carbonyl (C=O) groups is 2. The molecule has 0 radical (unpaired) electrons. The summed E-state index contributed by atoms with van der Waals surface area (Å²) >= 11 is 1.35. The van der Waals surface area contributed by atoms with E-state index in [2.05, 4.69) is 5.32 Å². The van der Waals surface area contributed by atoms with Crippen LogP contribution in [0.4, 0.5) is 0 Å². The van der Waals surface area contributed by atoms with Crippen LogP contribution in [0.2, 0.25) is 0 Å². The zero-order chi connectivity index (χ0) is 15.9. The van der Waals surface area contributed by atoms with E-state index in [1.165, 1.54) is 11.8 Å². The third kappa shape index (κ3) is 4.83. The second-order valence-electron chi connectivity index (χ2n) is 5.62. The average molecular weight is 321 g/mol. The number of rotatable bonds is 6. The van der Waals surface area contributed by atoms with Gasteiger partial charge in [0.25, 0.3) is 5.91 Å². The molecule has 0 aromatic heterocycles. The van der Waals surface area contributed by atoms with Crippen LogP contribution in [0, 0.1) is 5.92 Å². The Labute approximate surface area is 135 Å². The Kier molecular flexibility index (Phi) is 6.42. The molecule has 0 bridgehead atoms. The van der Waals surface area contributed by atoms with Crippen LogP contribution in [0.3, 0.4) is 0 Å². The van der Waals surface area contributed by atoms with E-state index in [9.17, 15) is 9.59 Å². The standard InChI is InChI=1S/C16H23N3O2S/c17-7-8-19-15(20)12-3-1-11(2-4-12)10-22-16(21)13-5-6-14(18)9-13/h1-4,13-14H,5-10,17-18H2,(H,19,20)/t13-,14+/m0/s1. The largest absolute Gasteiger partial charge is 0.351 e. The van der Waals surface area contributed by atoms with E-state index in [-0.39, 0.29) is 23.0 Å². The van der Waals surface area contributed by atoms with Crippen LogP contribution in [-0.4, -0.2) is 30.2 Å². The summed E-state index contributed by atoms with van der Waals surface area (Å²) in [5.74, 6) is 0.622. The van der Waals surface area contributed by atoms with E-state index < -0.39 is 0 Å². The van der Waals surface area contributed by atoms with Gasteiger partial charge in [-0.25, -0.2) is 0 Å². The summed E-state index contributed by atoms with van der Waals surface area (Å²) in [6.07, 6.45) is 2.67. The highest BCUT2D eigenvalue weighted by atomic mass is 32.2. The van der Waals surface area contributed by atoms with Gasteiger partial charge in [-0.1, -0.05) is 23.9 Å². The molecule has 0 saturated heterocycles. The minimum absolute atomic E-state index is 0.112. The van der Waals surface area contributed by atoms with E-state index in [0.29, 0.717) is 24.4 Å². The highest BCUT2D eigenvalue weighted by Gasteiger charge is 2.27. The molecule has 1 aliphatic carbocycles. The highest BCUT2D eigenvalue weighted by Crippen LogP contribution is 2.30. The lowest BCUT2D eigenvalue weighted by molar-refractivity contribution is -0.114. The number of thioether (sulfide) groups is 1. The third-order valence-electron chi connectivity index (χ3n) is 3.83. The molecule has 2 atom stereocenters. The Hall–Kier alpha value is -1.37. The Balaban J connectivity index is 1.81. The molecule has 22 heavy (non-hydrogen) atoms. The van der Waals surface area contributed by atoms with Gasteiger partial charge in [0, 0.05) is 36.4 Å². The second kappa shape index (κ2) is 8.31. The molecular formula is C16H23N3O2S. The van der Waals surface area contributed by atoms with Gasteiger partial charge in [-0.15, -0.1) is 0 Å². The molecular weight excluding hydrogens is 298 g/mol. The van der Waals surface area contributed by atoms with Crippen molar-refractivity contribution in [1.82, 2.24) is 5.32 Å². The van der Waals surface area contributed by atoms with E-state index in [1.807, 2.05) is 12.1 Å². The van der Waals surface area contributed by atoms with Crippen LogP contribution in [0.25, 0.3) is 0 Å². The van der Waals surface area contributed by atoms with Crippen LogP contribution in [-0.2, 0) is 10.5 Å². The van der Waals surface area contributed by atoms with Gasteiger partial charge in [-0.2, -0.15) is 0 Å². The third-order valence-corrected chi connectivity index (χ3v) is 4.93. The van der Waals surface area contributed by atoms with Crippen molar-refractivity contribution in [3.05, 3.63) is 35.4 Å². The van der Waals surface area contributed by atoms with Crippen LogP contribution in [0.5, 0.6) is 0 Å². The van der Waals surface area contributed by atoms with Gasteiger partial charge < -0.3 is 16.8 Å². The number of amides is 1. The van der Waals surface area contributed by atoms with Crippen LogP contribution >= 0.6 is 11.8 Å². The maximum Gasteiger partial charge on any atom is 0.251 e.